The van der Waals surface area contributed by atoms with Gasteiger partial charge in [-0.15, -0.1) is 0 Å². The van der Waals surface area contributed by atoms with Crippen molar-refractivity contribution in [1.29, 1.82) is 0 Å². The summed E-state index contributed by atoms with van der Waals surface area (Å²) in [6.45, 7) is 0. The molecule has 0 atom stereocenters. The average Bonchev–Trinajstić information content (AvgIpc) is 3.20. The van der Waals surface area contributed by atoms with E-state index in [2.05, 4.69) is 194 Å². The molecule has 0 nitrogen and oxygen atoms in total. The van der Waals surface area contributed by atoms with Crippen LogP contribution in [-0.2, 0) is 0 Å². The molecule has 50 heavy (non-hydrogen) atoms. The van der Waals surface area contributed by atoms with Crippen LogP contribution in [-0.4, -0.2) is 0 Å². The molecule has 10 aromatic rings. The molecule has 0 aliphatic carbocycles. The lowest BCUT2D eigenvalue weighted by Crippen LogP contribution is -1.93. The highest BCUT2D eigenvalue weighted by atomic mass is 14.2. The van der Waals surface area contributed by atoms with Crippen molar-refractivity contribution < 1.29 is 0 Å². The summed E-state index contributed by atoms with van der Waals surface area (Å²) < 4.78 is 0. The number of benzene rings is 10. The standard InChI is InChI=1S/C50H32/c1-2-15-33(16-3-1)35-19-6-7-20-37(35)41-31-32-48(40-22-9-8-21-39(40)41)50-46-25-12-10-23-44(46)49(45-24-11-13-26-47(45)50)43-28-14-27-38-36-18-5-4-17-34(36)29-30-42(38)43/h1-32H. The van der Waals surface area contributed by atoms with Gasteiger partial charge in [-0.25, -0.2) is 0 Å². The quantitative estimate of drug-likeness (QED) is 0.134. The monoisotopic (exact) mass is 632 g/mol. The van der Waals surface area contributed by atoms with E-state index in [-0.39, 0.29) is 0 Å². The molecule has 0 aliphatic rings. The predicted octanol–water partition coefficient (Wildman–Crippen LogP) is 14.1. The summed E-state index contributed by atoms with van der Waals surface area (Å²) in [7, 11) is 0. The van der Waals surface area contributed by atoms with Crippen LogP contribution in [0.4, 0.5) is 0 Å². The van der Waals surface area contributed by atoms with Gasteiger partial charge < -0.3 is 0 Å². The Morgan fingerprint density at radius 1 is 0.180 bits per heavy atom. The Hall–Kier alpha value is -6.50. The first-order valence-electron chi connectivity index (χ1n) is 17.4. The third kappa shape index (κ3) is 4.39. The van der Waals surface area contributed by atoms with Crippen LogP contribution in [0.3, 0.4) is 0 Å². The van der Waals surface area contributed by atoms with Gasteiger partial charge in [-0.2, -0.15) is 0 Å². The summed E-state index contributed by atoms with van der Waals surface area (Å²) >= 11 is 0. The first-order chi connectivity index (χ1) is 24.8. The second-order valence-corrected chi connectivity index (χ2v) is 13.1. The van der Waals surface area contributed by atoms with Gasteiger partial charge in [-0.3, -0.25) is 0 Å². The van der Waals surface area contributed by atoms with Gasteiger partial charge in [-0.05, 0) is 98.4 Å². The van der Waals surface area contributed by atoms with Gasteiger partial charge in [0.1, 0.15) is 0 Å². The Labute approximate surface area is 291 Å². The fraction of sp³-hybridized carbons (Fsp3) is 0. The van der Waals surface area contributed by atoms with E-state index in [1.165, 1.54) is 98.4 Å². The molecule has 10 rings (SSSR count). The number of hydrogen-bond acceptors (Lipinski definition) is 0. The third-order valence-electron chi connectivity index (χ3n) is 10.5. The number of rotatable bonds is 4. The second kappa shape index (κ2) is 11.6. The van der Waals surface area contributed by atoms with Gasteiger partial charge in [0.15, 0.2) is 0 Å². The van der Waals surface area contributed by atoms with E-state index in [1.807, 2.05) is 0 Å². The molecule has 0 aliphatic heterocycles. The summed E-state index contributed by atoms with van der Waals surface area (Å²) in [6, 6.07) is 71.2. The lowest BCUT2D eigenvalue weighted by atomic mass is 9.82. The minimum atomic E-state index is 1.23. The van der Waals surface area contributed by atoms with E-state index >= 15 is 0 Å². The van der Waals surface area contributed by atoms with Crippen molar-refractivity contribution in [3.05, 3.63) is 194 Å². The fourth-order valence-corrected chi connectivity index (χ4v) is 8.31. The van der Waals surface area contributed by atoms with Crippen molar-refractivity contribution in [3.8, 4) is 44.5 Å². The van der Waals surface area contributed by atoms with Gasteiger partial charge in [0.25, 0.3) is 0 Å². The molecule has 0 fully saturated rings. The third-order valence-corrected chi connectivity index (χ3v) is 10.5. The Bertz CT molecular complexity index is 2860. The molecule has 0 spiro atoms. The smallest absolute Gasteiger partial charge is 0.00201 e. The van der Waals surface area contributed by atoms with Crippen LogP contribution < -0.4 is 0 Å². The lowest BCUT2D eigenvalue weighted by Gasteiger charge is -2.21. The molecule has 0 radical (unpaired) electrons. The zero-order chi connectivity index (χ0) is 33.0. The maximum absolute atomic E-state index is 2.36. The molecule has 0 bridgehead atoms. The molecule has 0 N–H and O–H groups in total. The van der Waals surface area contributed by atoms with E-state index in [0.717, 1.165) is 0 Å². The average molecular weight is 633 g/mol. The Balaban J connectivity index is 1.27. The van der Waals surface area contributed by atoms with E-state index in [1.54, 1.807) is 0 Å². The molecule has 0 unspecified atom stereocenters. The van der Waals surface area contributed by atoms with E-state index in [0.29, 0.717) is 0 Å². The molecule has 0 heteroatoms. The summed E-state index contributed by atoms with van der Waals surface area (Å²) in [5.74, 6) is 0. The SMILES string of the molecule is c1ccc(-c2ccccc2-c2ccc(-c3c4ccccc4c(-c4cccc5c4ccc4ccccc45)c4ccccc34)c3ccccc23)cc1. The fourth-order valence-electron chi connectivity index (χ4n) is 8.31. The van der Waals surface area contributed by atoms with Gasteiger partial charge in [0.2, 0.25) is 0 Å². The second-order valence-electron chi connectivity index (χ2n) is 13.1. The highest BCUT2D eigenvalue weighted by Gasteiger charge is 2.20. The van der Waals surface area contributed by atoms with E-state index in [4.69, 9.17) is 0 Å². The Morgan fingerprint density at radius 2 is 0.600 bits per heavy atom. The molecule has 0 aromatic heterocycles. The maximum atomic E-state index is 2.36. The van der Waals surface area contributed by atoms with Gasteiger partial charge in [0.05, 0.1) is 0 Å². The van der Waals surface area contributed by atoms with E-state index in [9.17, 15) is 0 Å². The predicted molar refractivity (Wildman–Crippen MR) is 216 cm³/mol. The van der Waals surface area contributed by atoms with Crippen LogP contribution in [0.25, 0.3) is 98.4 Å². The van der Waals surface area contributed by atoms with Crippen molar-refractivity contribution in [1.82, 2.24) is 0 Å². The van der Waals surface area contributed by atoms with Crippen LogP contribution in [0.15, 0.2) is 194 Å². The minimum absolute atomic E-state index is 1.23. The molecule has 232 valence electrons. The largest absolute Gasteiger partial charge is 0.0622 e. The minimum Gasteiger partial charge on any atom is -0.0622 e. The van der Waals surface area contributed by atoms with Crippen LogP contribution in [0.5, 0.6) is 0 Å². The summed E-state index contributed by atoms with van der Waals surface area (Å²) in [5, 5.41) is 12.7. The van der Waals surface area contributed by atoms with Crippen LogP contribution in [0, 0.1) is 0 Å². The van der Waals surface area contributed by atoms with E-state index < -0.39 is 0 Å². The van der Waals surface area contributed by atoms with Crippen molar-refractivity contribution in [2.24, 2.45) is 0 Å². The van der Waals surface area contributed by atoms with Gasteiger partial charge in [0, 0.05) is 0 Å². The normalized spacial score (nSPS) is 11.6. The van der Waals surface area contributed by atoms with Crippen molar-refractivity contribution in [3.63, 3.8) is 0 Å². The number of hydrogen-bond donors (Lipinski definition) is 0. The number of fused-ring (bicyclic) bond motifs is 6. The van der Waals surface area contributed by atoms with Gasteiger partial charge in [-0.1, -0.05) is 194 Å². The summed E-state index contributed by atoms with van der Waals surface area (Å²) in [6.07, 6.45) is 0. The lowest BCUT2D eigenvalue weighted by molar-refractivity contribution is 1.60. The first-order valence-corrected chi connectivity index (χ1v) is 17.4. The maximum Gasteiger partial charge on any atom is -0.00201 e. The first kappa shape index (κ1) is 28.5. The molecule has 0 saturated carbocycles. The van der Waals surface area contributed by atoms with Crippen LogP contribution in [0.1, 0.15) is 0 Å². The van der Waals surface area contributed by atoms with Crippen LogP contribution >= 0.6 is 0 Å². The molecule has 0 saturated heterocycles. The Morgan fingerprint density at radius 3 is 1.26 bits per heavy atom. The van der Waals surface area contributed by atoms with Crippen molar-refractivity contribution in [2.75, 3.05) is 0 Å². The van der Waals surface area contributed by atoms with Crippen molar-refractivity contribution in [2.45, 2.75) is 0 Å². The highest BCUT2D eigenvalue weighted by Crippen LogP contribution is 2.48. The highest BCUT2D eigenvalue weighted by molar-refractivity contribution is 6.26. The molecule has 10 aromatic carbocycles. The van der Waals surface area contributed by atoms with Crippen LogP contribution in [0.2, 0.25) is 0 Å². The topological polar surface area (TPSA) is 0 Å². The van der Waals surface area contributed by atoms with Crippen molar-refractivity contribution >= 4 is 53.9 Å². The summed E-state index contributed by atoms with van der Waals surface area (Å²) in [5.41, 5.74) is 10.1. The molecule has 0 amide bonds. The molecular weight excluding hydrogens is 601 g/mol. The summed E-state index contributed by atoms with van der Waals surface area (Å²) in [4.78, 5) is 0. The zero-order valence-corrected chi connectivity index (χ0v) is 27.5. The van der Waals surface area contributed by atoms with Gasteiger partial charge >= 0.3 is 0 Å². The Kier molecular flexibility index (Phi) is 6.60. The molecular formula is C50H32. The molecule has 0 heterocycles. The zero-order valence-electron chi connectivity index (χ0n) is 27.5.